The van der Waals surface area contributed by atoms with Crippen LogP contribution in [-0.4, -0.2) is 27.4 Å². The Morgan fingerprint density at radius 2 is 2.08 bits per heavy atom. The van der Waals surface area contributed by atoms with Gasteiger partial charge in [0.15, 0.2) is 5.82 Å². The summed E-state index contributed by atoms with van der Waals surface area (Å²) in [5.74, 6) is 0.534. The van der Waals surface area contributed by atoms with E-state index < -0.39 is 11.7 Å². The summed E-state index contributed by atoms with van der Waals surface area (Å²) in [5.41, 5.74) is 0.863. The van der Waals surface area contributed by atoms with Gasteiger partial charge < -0.3 is 10.4 Å². The maximum absolute atomic E-state index is 12.9. The summed E-state index contributed by atoms with van der Waals surface area (Å²) in [6.07, 6.45) is -2.07. The molecule has 5 nitrogen and oxygen atoms in total. The molecular weight excluding hydrogens is 333 g/mol. The van der Waals surface area contributed by atoms with Crippen LogP contribution in [0.15, 0.2) is 42.6 Å². The van der Waals surface area contributed by atoms with Gasteiger partial charge in [0.1, 0.15) is 6.20 Å². The molecule has 3 rings (SSSR count). The largest absolute Gasteiger partial charge is 0.416 e. The minimum absolute atomic E-state index is 0.0332. The zero-order valence-electron chi connectivity index (χ0n) is 13.5. The number of aromatic amines is 1. The molecule has 8 heteroatoms. The van der Waals surface area contributed by atoms with Crippen LogP contribution in [0.5, 0.6) is 0 Å². The molecule has 0 spiro atoms. The monoisotopic (exact) mass is 351 g/mol. The molecule has 2 heterocycles. The quantitative estimate of drug-likeness (QED) is 0.743. The highest BCUT2D eigenvalue weighted by Crippen LogP contribution is 2.32. The van der Waals surface area contributed by atoms with E-state index in [2.05, 4.69) is 15.4 Å². The van der Waals surface area contributed by atoms with Crippen molar-refractivity contribution in [2.75, 3.05) is 11.9 Å². The van der Waals surface area contributed by atoms with Gasteiger partial charge in [0.2, 0.25) is 5.69 Å². The van der Waals surface area contributed by atoms with Crippen molar-refractivity contribution < 1.29 is 23.3 Å². The number of hydrogen-bond acceptors (Lipinski definition) is 3. The summed E-state index contributed by atoms with van der Waals surface area (Å²) in [4.78, 5) is 3.00. The van der Waals surface area contributed by atoms with E-state index in [1.54, 1.807) is 28.9 Å². The van der Waals surface area contributed by atoms with E-state index in [4.69, 9.17) is 0 Å². The fraction of sp³-hybridized carbons (Fsp3) is 0.294. The molecule has 3 N–H and O–H groups in total. The lowest BCUT2D eigenvalue weighted by Gasteiger charge is -2.13. The fourth-order valence-corrected chi connectivity index (χ4v) is 2.54. The number of nitrogens with one attached hydrogen (secondary N) is 2. The van der Waals surface area contributed by atoms with Gasteiger partial charge in [0.25, 0.3) is 0 Å². The number of hydrogen-bond donors (Lipinski definition) is 2. The Hall–Kier alpha value is -2.61. The Labute approximate surface area is 142 Å². The summed E-state index contributed by atoms with van der Waals surface area (Å²) in [6, 6.07) is 8.50. The Balaban J connectivity index is 2.02. The normalized spacial score (nSPS) is 13.2. The molecule has 3 aromatic rings. The van der Waals surface area contributed by atoms with Crippen molar-refractivity contribution >= 4 is 11.5 Å². The number of aliphatic hydroxyl groups excluding tert-OH is 1. The SMILES string of the molecule is CCC(CO)Nc1ccc2[nH+]cc(-c3cccc(C(F)(F)F)c3)n2n1. The first-order chi connectivity index (χ1) is 11.9. The van der Waals surface area contributed by atoms with Crippen molar-refractivity contribution in [2.24, 2.45) is 0 Å². The van der Waals surface area contributed by atoms with E-state index in [1.807, 2.05) is 6.92 Å². The van der Waals surface area contributed by atoms with Crippen molar-refractivity contribution in [1.29, 1.82) is 0 Å². The van der Waals surface area contributed by atoms with Gasteiger partial charge >= 0.3 is 11.8 Å². The van der Waals surface area contributed by atoms with Crippen LogP contribution >= 0.6 is 0 Å². The molecule has 1 unspecified atom stereocenters. The average molecular weight is 351 g/mol. The molecule has 0 bridgehead atoms. The van der Waals surface area contributed by atoms with E-state index >= 15 is 0 Å². The number of nitrogens with zero attached hydrogens (tertiary/aromatic N) is 2. The topological polar surface area (TPSA) is 63.7 Å². The van der Waals surface area contributed by atoms with Crippen LogP contribution in [0.3, 0.4) is 0 Å². The molecule has 0 aliphatic carbocycles. The van der Waals surface area contributed by atoms with E-state index in [9.17, 15) is 18.3 Å². The number of anilines is 1. The molecule has 0 saturated heterocycles. The maximum atomic E-state index is 12.9. The van der Waals surface area contributed by atoms with Gasteiger partial charge in [-0.15, -0.1) is 0 Å². The summed E-state index contributed by atoms with van der Waals surface area (Å²) in [5, 5.41) is 16.8. The molecule has 2 aromatic heterocycles. The first-order valence-corrected chi connectivity index (χ1v) is 7.88. The molecule has 0 radical (unpaired) electrons. The molecule has 0 aliphatic rings. The van der Waals surface area contributed by atoms with Crippen molar-refractivity contribution in [3.05, 3.63) is 48.2 Å². The predicted molar refractivity (Wildman–Crippen MR) is 87.0 cm³/mol. The highest BCUT2D eigenvalue weighted by molar-refractivity contribution is 5.62. The summed E-state index contributed by atoms with van der Waals surface area (Å²) < 4.78 is 40.4. The van der Waals surface area contributed by atoms with Crippen LogP contribution in [-0.2, 0) is 6.18 Å². The van der Waals surface area contributed by atoms with E-state index in [0.29, 0.717) is 29.1 Å². The molecule has 25 heavy (non-hydrogen) atoms. The van der Waals surface area contributed by atoms with Gasteiger partial charge in [0.05, 0.1) is 18.2 Å². The number of H-pyrrole nitrogens is 1. The van der Waals surface area contributed by atoms with E-state index in [-0.39, 0.29) is 12.6 Å². The number of fused-ring (bicyclic) bond motifs is 1. The van der Waals surface area contributed by atoms with E-state index in [1.165, 1.54) is 6.07 Å². The second kappa shape index (κ2) is 6.72. The van der Waals surface area contributed by atoms with Crippen LogP contribution < -0.4 is 10.3 Å². The van der Waals surface area contributed by atoms with Gasteiger partial charge in [-0.2, -0.15) is 13.2 Å². The third-order valence-electron chi connectivity index (χ3n) is 3.97. The predicted octanol–water partition coefficient (Wildman–Crippen LogP) is 3.02. The second-order valence-corrected chi connectivity index (χ2v) is 5.70. The van der Waals surface area contributed by atoms with Crippen LogP contribution in [0, 0.1) is 0 Å². The molecule has 132 valence electrons. The van der Waals surface area contributed by atoms with E-state index in [0.717, 1.165) is 12.1 Å². The molecule has 0 fully saturated rings. The second-order valence-electron chi connectivity index (χ2n) is 5.70. The number of aliphatic hydroxyl groups is 1. The third-order valence-corrected chi connectivity index (χ3v) is 3.97. The Morgan fingerprint density at radius 3 is 2.76 bits per heavy atom. The van der Waals surface area contributed by atoms with Gasteiger partial charge in [-0.25, -0.2) is 4.98 Å². The maximum Gasteiger partial charge on any atom is 0.416 e. The highest BCUT2D eigenvalue weighted by atomic mass is 19.4. The van der Waals surface area contributed by atoms with Gasteiger partial charge in [-0.05, 0) is 24.6 Å². The Bertz CT molecular complexity index is 872. The van der Waals surface area contributed by atoms with Crippen molar-refractivity contribution in [1.82, 2.24) is 9.61 Å². The zero-order chi connectivity index (χ0) is 18.0. The van der Waals surface area contributed by atoms with Crippen LogP contribution in [0.2, 0.25) is 0 Å². The molecule has 0 saturated carbocycles. The molecule has 1 aromatic carbocycles. The zero-order valence-corrected chi connectivity index (χ0v) is 13.5. The number of imidazole rings is 1. The number of alkyl halides is 3. The minimum Gasteiger partial charge on any atom is -0.394 e. The van der Waals surface area contributed by atoms with Crippen LogP contribution in [0.25, 0.3) is 16.9 Å². The number of halogens is 3. The number of rotatable bonds is 5. The van der Waals surface area contributed by atoms with Gasteiger partial charge in [0, 0.05) is 11.6 Å². The Kier molecular flexibility index (Phi) is 4.63. The summed E-state index contributed by atoms with van der Waals surface area (Å²) >= 11 is 0. The first kappa shape index (κ1) is 17.2. The third kappa shape index (κ3) is 3.58. The minimum atomic E-state index is -4.40. The molecule has 0 aliphatic heterocycles. The van der Waals surface area contributed by atoms with Gasteiger partial charge in [-0.3, -0.25) is 0 Å². The van der Waals surface area contributed by atoms with Crippen LogP contribution in [0.1, 0.15) is 18.9 Å². The first-order valence-electron chi connectivity index (χ1n) is 7.88. The lowest BCUT2D eigenvalue weighted by Crippen LogP contribution is -2.23. The smallest absolute Gasteiger partial charge is 0.394 e. The lowest BCUT2D eigenvalue weighted by atomic mass is 10.1. The standard InChI is InChI=1S/C17H17F3N4O/c1-2-13(10-25)22-15-6-7-16-21-9-14(24(16)23-15)11-4-3-5-12(8-11)17(18,19)20/h3-9,13,25H,2,10H2,1H3,(H,22,23)/p+1. The highest BCUT2D eigenvalue weighted by Gasteiger charge is 2.31. The van der Waals surface area contributed by atoms with Crippen molar-refractivity contribution in [2.45, 2.75) is 25.6 Å². The van der Waals surface area contributed by atoms with Crippen molar-refractivity contribution in [3.8, 4) is 11.3 Å². The fourth-order valence-electron chi connectivity index (χ4n) is 2.54. The van der Waals surface area contributed by atoms with Gasteiger partial charge in [-0.1, -0.05) is 28.7 Å². The Morgan fingerprint density at radius 1 is 1.28 bits per heavy atom. The van der Waals surface area contributed by atoms with Crippen molar-refractivity contribution in [3.63, 3.8) is 0 Å². The number of benzene rings is 1. The lowest BCUT2D eigenvalue weighted by molar-refractivity contribution is -0.343. The molecule has 0 amide bonds. The molecular formula is C17H18F3N4O+. The van der Waals surface area contributed by atoms with Crippen LogP contribution in [0.4, 0.5) is 19.0 Å². The number of aromatic nitrogens is 3. The summed E-state index contributed by atoms with van der Waals surface area (Å²) in [7, 11) is 0. The average Bonchev–Trinajstić information content (AvgIpc) is 3.02. The molecule has 1 atom stereocenters. The summed E-state index contributed by atoms with van der Waals surface area (Å²) in [6.45, 7) is 1.90.